The van der Waals surface area contributed by atoms with E-state index in [4.69, 9.17) is 5.73 Å². The molecule has 2 N–H and O–H groups in total. The number of carbonyl (C=O) groups is 2. The SMILES string of the molecule is NC1CCC(C(=O)N2CCCN(CC(=O)N3CCCC3)CC2)C1. The van der Waals surface area contributed by atoms with Crippen molar-refractivity contribution in [2.45, 2.75) is 44.6 Å². The molecule has 23 heavy (non-hydrogen) atoms. The van der Waals surface area contributed by atoms with Crippen molar-refractivity contribution in [2.24, 2.45) is 11.7 Å². The van der Waals surface area contributed by atoms with Crippen LogP contribution in [0.15, 0.2) is 0 Å². The fourth-order valence-electron chi connectivity index (χ4n) is 4.11. The van der Waals surface area contributed by atoms with Crippen molar-refractivity contribution in [1.29, 1.82) is 0 Å². The Bertz CT molecular complexity index is 436. The number of rotatable bonds is 3. The van der Waals surface area contributed by atoms with Crippen molar-refractivity contribution in [1.82, 2.24) is 14.7 Å². The third-order valence-electron chi connectivity index (χ3n) is 5.54. The number of likely N-dealkylation sites (tertiary alicyclic amines) is 1. The summed E-state index contributed by atoms with van der Waals surface area (Å²) < 4.78 is 0. The zero-order valence-corrected chi connectivity index (χ0v) is 14.1. The van der Waals surface area contributed by atoms with Gasteiger partial charge in [-0.3, -0.25) is 14.5 Å². The topological polar surface area (TPSA) is 69.9 Å². The Kier molecular flexibility index (Phi) is 5.54. The molecule has 3 rings (SSSR count). The molecule has 0 aromatic heterocycles. The third-order valence-corrected chi connectivity index (χ3v) is 5.54. The number of hydrogen-bond acceptors (Lipinski definition) is 4. The van der Waals surface area contributed by atoms with Gasteiger partial charge in [0, 0.05) is 51.2 Å². The van der Waals surface area contributed by atoms with E-state index in [1.165, 1.54) is 0 Å². The molecule has 0 aromatic carbocycles. The molecular formula is C17H30N4O2. The van der Waals surface area contributed by atoms with Crippen LogP contribution in [0.4, 0.5) is 0 Å². The minimum Gasteiger partial charge on any atom is -0.342 e. The standard InChI is InChI=1S/C17H30N4O2/c18-15-5-4-14(12-15)17(23)21-9-3-6-19(10-11-21)13-16(22)20-7-1-2-8-20/h14-15H,1-13,18H2. The molecule has 0 radical (unpaired) electrons. The molecular weight excluding hydrogens is 292 g/mol. The molecule has 2 aliphatic heterocycles. The Morgan fingerprint density at radius 2 is 1.61 bits per heavy atom. The Labute approximate surface area is 139 Å². The molecule has 130 valence electrons. The first-order chi connectivity index (χ1) is 11.1. The van der Waals surface area contributed by atoms with Crippen LogP contribution in [0.3, 0.4) is 0 Å². The maximum Gasteiger partial charge on any atom is 0.236 e. The van der Waals surface area contributed by atoms with Gasteiger partial charge in [0.25, 0.3) is 0 Å². The lowest BCUT2D eigenvalue weighted by Crippen LogP contribution is -2.42. The molecule has 2 saturated heterocycles. The zero-order chi connectivity index (χ0) is 16.2. The van der Waals surface area contributed by atoms with Crippen LogP contribution in [0, 0.1) is 5.92 Å². The van der Waals surface area contributed by atoms with E-state index in [0.717, 1.165) is 77.8 Å². The molecule has 2 amide bonds. The number of hydrogen-bond donors (Lipinski definition) is 1. The summed E-state index contributed by atoms with van der Waals surface area (Å²) in [4.78, 5) is 31.1. The number of nitrogens with two attached hydrogens (primary N) is 1. The van der Waals surface area contributed by atoms with Gasteiger partial charge in [-0.15, -0.1) is 0 Å². The first kappa shape index (κ1) is 16.7. The van der Waals surface area contributed by atoms with E-state index in [-0.39, 0.29) is 23.8 Å². The van der Waals surface area contributed by atoms with E-state index in [2.05, 4.69) is 4.90 Å². The smallest absolute Gasteiger partial charge is 0.236 e. The zero-order valence-electron chi connectivity index (χ0n) is 14.1. The molecule has 6 nitrogen and oxygen atoms in total. The Balaban J connectivity index is 1.47. The van der Waals surface area contributed by atoms with Crippen LogP contribution in [-0.2, 0) is 9.59 Å². The minimum atomic E-state index is 0.128. The van der Waals surface area contributed by atoms with Gasteiger partial charge in [-0.1, -0.05) is 0 Å². The maximum atomic E-state index is 12.6. The van der Waals surface area contributed by atoms with Gasteiger partial charge < -0.3 is 15.5 Å². The third kappa shape index (κ3) is 4.23. The first-order valence-corrected chi connectivity index (χ1v) is 9.18. The van der Waals surface area contributed by atoms with Crippen LogP contribution in [0.25, 0.3) is 0 Å². The van der Waals surface area contributed by atoms with Crippen molar-refractivity contribution in [3.05, 3.63) is 0 Å². The minimum absolute atomic E-state index is 0.128. The van der Waals surface area contributed by atoms with Gasteiger partial charge in [0.15, 0.2) is 0 Å². The summed E-state index contributed by atoms with van der Waals surface area (Å²) in [7, 11) is 0. The van der Waals surface area contributed by atoms with Gasteiger partial charge in [0.2, 0.25) is 11.8 Å². The lowest BCUT2D eigenvalue weighted by atomic mass is 10.1. The van der Waals surface area contributed by atoms with E-state index in [9.17, 15) is 9.59 Å². The summed E-state index contributed by atoms with van der Waals surface area (Å²) in [5.41, 5.74) is 5.94. The molecule has 3 aliphatic rings. The molecule has 1 aliphatic carbocycles. The predicted molar refractivity (Wildman–Crippen MR) is 88.8 cm³/mol. The van der Waals surface area contributed by atoms with Crippen LogP contribution in [0.5, 0.6) is 0 Å². The van der Waals surface area contributed by atoms with E-state index in [0.29, 0.717) is 6.54 Å². The molecule has 3 fully saturated rings. The first-order valence-electron chi connectivity index (χ1n) is 9.18. The van der Waals surface area contributed by atoms with Crippen LogP contribution in [0.2, 0.25) is 0 Å². The lowest BCUT2D eigenvalue weighted by Gasteiger charge is -2.25. The van der Waals surface area contributed by atoms with Crippen molar-refractivity contribution >= 4 is 11.8 Å². The van der Waals surface area contributed by atoms with Crippen molar-refractivity contribution in [2.75, 3.05) is 45.8 Å². The molecule has 2 unspecified atom stereocenters. The maximum absolute atomic E-state index is 12.6. The molecule has 0 spiro atoms. The van der Waals surface area contributed by atoms with Gasteiger partial charge in [-0.05, 0) is 38.5 Å². The van der Waals surface area contributed by atoms with Gasteiger partial charge >= 0.3 is 0 Å². The summed E-state index contributed by atoms with van der Waals surface area (Å²) in [6.45, 7) is 5.63. The Morgan fingerprint density at radius 1 is 0.870 bits per heavy atom. The largest absolute Gasteiger partial charge is 0.342 e. The molecule has 1 saturated carbocycles. The molecule has 0 aromatic rings. The van der Waals surface area contributed by atoms with E-state index in [1.54, 1.807) is 0 Å². The highest BCUT2D eigenvalue weighted by atomic mass is 16.2. The van der Waals surface area contributed by atoms with Gasteiger partial charge in [0.1, 0.15) is 0 Å². The van der Waals surface area contributed by atoms with E-state index < -0.39 is 0 Å². The number of nitrogens with zero attached hydrogens (tertiary/aromatic N) is 3. The fourth-order valence-corrected chi connectivity index (χ4v) is 4.11. The van der Waals surface area contributed by atoms with Gasteiger partial charge in [-0.2, -0.15) is 0 Å². The summed E-state index contributed by atoms with van der Waals surface area (Å²) in [6.07, 6.45) is 5.98. The van der Waals surface area contributed by atoms with Crippen LogP contribution in [-0.4, -0.2) is 78.4 Å². The average Bonchev–Trinajstić information content (AvgIpc) is 3.16. The highest BCUT2D eigenvalue weighted by Gasteiger charge is 2.32. The molecule has 6 heteroatoms. The van der Waals surface area contributed by atoms with Crippen LogP contribution >= 0.6 is 0 Å². The van der Waals surface area contributed by atoms with Crippen molar-refractivity contribution in [3.63, 3.8) is 0 Å². The monoisotopic (exact) mass is 322 g/mol. The fraction of sp³-hybridized carbons (Fsp3) is 0.882. The number of carbonyl (C=O) groups excluding carboxylic acids is 2. The second-order valence-electron chi connectivity index (χ2n) is 7.31. The number of amides is 2. The summed E-state index contributed by atoms with van der Waals surface area (Å²) in [5, 5.41) is 0. The average molecular weight is 322 g/mol. The van der Waals surface area contributed by atoms with E-state index in [1.807, 2.05) is 9.80 Å². The summed E-state index contributed by atoms with van der Waals surface area (Å²) in [5.74, 6) is 0.664. The van der Waals surface area contributed by atoms with Crippen LogP contribution in [0.1, 0.15) is 38.5 Å². The molecule has 2 atom stereocenters. The summed E-state index contributed by atoms with van der Waals surface area (Å²) in [6, 6.07) is 0.200. The van der Waals surface area contributed by atoms with E-state index >= 15 is 0 Å². The quantitative estimate of drug-likeness (QED) is 0.810. The highest BCUT2D eigenvalue weighted by molar-refractivity contribution is 5.79. The van der Waals surface area contributed by atoms with Crippen LogP contribution < -0.4 is 5.73 Å². The Hall–Kier alpha value is -1.14. The predicted octanol–water partition coefficient (Wildman–Crippen LogP) is 0.271. The molecule has 0 bridgehead atoms. The molecule has 2 heterocycles. The second-order valence-corrected chi connectivity index (χ2v) is 7.31. The lowest BCUT2D eigenvalue weighted by molar-refractivity contribution is -0.135. The highest BCUT2D eigenvalue weighted by Crippen LogP contribution is 2.26. The van der Waals surface area contributed by atoms with Crippen molar-refractivity contribution < 1.29 is 9.59 Å². The second kappa shape index (κ2) is 7.62. The van der Waals surface area contributed by atoms with Crippen molar-refractivity contribution in [3.8, 4) is 0 Å². The Morgan fingerprint density at radius 3 is 2.30 bits per heavy atom. The van der Waals surface area contributed by atoms with Gasteiger partial charge in [0.05, 0.1) is 6.54 Å². The normalized spacial score (nSPS) is 29.8. The summed E-state index contributed by atoms with van der Waals surface area (Å²) >= 11 is 0. The van der Waals surface area contributed by atoms with Gasteiger partial charge in [-0.25, -0.2) is 0 Å².